The lowest BCUT2D eigenvalue weighted by Gasteiger charge is -2.06. The summed E-state index contributed by atoms with van der Waals surface area (Å²) in [6.07, 6.45) is 2.91. The van der Waals surface area contributed by atoms with Crippen LogP contribution >= 0.6 is 0 Å². The van der Waals surface area contributed by atoms with Gasteiger partial charge in [-0.15, -0.1) is 0 Å². The van der Waals surface area contributed by atoms with Crippen molar-refractivity contribution in [1.82, 2.24) is 4.98 Å². The molecule has 0 spiro atoms. The number of hydrogen-bond acceptors (Lipinski definition) is 2. The summed E-state index contributed by atoms with van der Waals surface area (Å²) >= 11 is 0. The van der Waals surface area contributed by atoms with Crippen LogP contribution in [-0.4, -0.2) is 18.1 Å². The van der Waals surface area contributed by atoms with Gasteiger partial charge in [0.25, 0.3) is 0 Å². The number of H-pyrrole nitrogens is 1. The molecule has 0 fully saturated rings. The number of nitrogens with two attached hydrogens (primary N) is 1. The summed E-state index contributed by atoms with van der Waals surface area (Å²) < 4.78 is 5.36. The van der Waals surface area contributed by atoms with Crippen molar-refractivity contribution in [2.45, 2.75) is 26.3 Å². The Hall–Kier alpha value is -1.48. The number of rotatable bonds is 3. The molecule has 1 unspecified atom stereocenters. The van der Waals surface area contributed by atoms with Crippen LogP contribution in [0.2, 0.25) is 0 Å². The molecule has 0 aliphatic rings. The number of fused-ring (bicyclic) bond motifs is 1. The van der Waals surface area contributed by atoms with E-state index in [-0.39, 0.29) is 6.04 Å². The van der Waals surface area contributed by atoms with E-state index in [1.54, 1.807) is 7.11 Å². The second-order valence-electron chi connectivity index (χ2n) is 4.39. The maximum Gasteiger partial charge on any atom is 0.143 e. The summed E-state index contributed by atoms with van der Waals surface area (Å²) in [5, 5.41) is 1.22. The highest BCUT2D eigenvalue weighted by molar-refractivity contribution is 5.89. The first kappa shape index (κ1) is 11.0. The van der Waals surface area contributed by atoms with Gasteiger partial charge in [0, 0.05) is 17.6 Å². The Bertz CT molecular complexity index is 500. The zero-order valence-electron chi connectivity index (χ0n) is 10.0. The number of aryl methyl sites for hydroxylation is 1. The minimum Gasteiger partial charge on any atom is -0.495 e. The summed E-state index contributed by atoms with van der Waals surface area (Å²) in [5.74, 6) is 0.894. The number of aromatic nitrogens is 1. The Balaban J connectivity index is 2.58. The van der Waals surface area contributed by atoms with Crippen molar-refractivity contribution in [2.75, 3.05) is 7.11 Å². The Labute approximate surface area is 95.6 Å². The van der Waals surface area contributed by atoms with Crippen LogP contribution in [0.25, 0.3) is 10.9 Å². The highest BCUT2D eigenvalue weighted by Gasteiger charge is 2.10. The van der Waals surface area contributed by atoms with E-state index >= 15 is 0 Å². The number of aromatic amines is 1. The molecule has 2 rings (SSSR count). The molecule has 16 heavy (non-hydrogen) atoms. The fourth-order valence-corrected chi connectivity index (χ4v) is 2.07. The molecule has 0 aliphatic heterocycles. The van der Waals surface area contributed by atoms with Gasteiger partial charge in [-0.3, -0.25) is 0 Å². The molecule has 0 amide bonds. The Morgan fingerprint density at radius 2 is 2.19 bits per heavy atom. The maximum atomic E-state index is 5.84. The van der Waals surface area contributed by atoms with Gasteiger partial charge in [0.2, 0.25) is 0 Å². The predicted octanol–water partition coefficient (Wildman–Crippen LogP) is 2.37. The molecule has 1 aromatic carbocycles. The largest absolute Gasteiger partial charge is 0.495 e. The van der Waals surface area contributed by atoms with Gasteiger partial charge in [0.05, 0.1) is 12.6 Å². The minimum absolute atomic E-state index is 0.172. The quantitative estimate of drug-likeness (QED) is 0.831. The van der Waals surface area contributed by atoms with E-state index in [2.05, 4.69) is 18.0 Å². The fraction of sp³-hybridized carbons (Fsp3) is 0.385. The average molecular weight is 218 g/mol. The number of hydrogen-bond donors (Lipinski definition) is 2. The highest BCUT2D eigenvalue weighted by Crippen LogP contribution is 2.29. The molecule has 1 aromatic heterocycles. The SMILES string of the molecule is COc1cc(C)cc2c(CC(C)N)c[nH]c12. The lowest BCUT2D eigenvalue weighted by molar-refractivity contribution is 0.418. The van der Waals surface area contributed by atoms with E-state index in [1.807, 2.05) is 19.2 Å². The van der Waals surface area contributed by atoms with Gasteiger partial charge in [0.1, 0.15) is 5.75 Å². The van der Waals surface area contributed by atoms with Crippen LogP contribution in [0.4, 0.5) is 0 Å². The lowest BCUT2D eigenvalue weighted by atomic mass is 10.0. The van der Waals surface area contributed by atoms with Crippen LogP contribution in [-0.2, 0) is 6.42 Å². The van der Waals surface area contributed by atoms with Gasteiger partial charge in [-0.25, -0.2) is 0 Å². The Morgan fingerprint density at radius 1 is 1.44 bits per heavy atom. The molecule has 3 N–H and O–H groups in total. The third-order valence-electron chi connectivity index (χ3n) is 2.75. The summed E-state index contributed by atoms with van der Waals surface area (Å²) in [4.78, 5) is 3.26. The van der Waals surface area contributed by atoms with E-state index < -0.39 is 0 Å². The first-order valence-electron chi connectivity index (χ1n) is 5.52. The van der Waals surface area contributed by atoms with Crippen LogP contribution in [0.1, 0.15) is 18.1 Å². The first-order chi connectivity index (χ1) is 7.61. The molecule has 1 heterocycles. The minimum atomic E-state index is 0.172. The molecule has 0 aliphatic carbocycles. The van der Waals surface area contributed by atoms with Crippen molar-refractivity contribution in [1.29, 1.82) is 0 Å². The maximum absolute atomic E-state index is 5.84. The van der Waals surface area contributed by atoms with Gasteiger partial charge in [-0.05, 0) is 43.5 Å². The highest BCUT2D eigenvalue weighted by atomic mass is 16.5. The summed E-state index contributed by atoms with van der Waals surface area (Å²) in [5.41, 5.74) is 9.36. The van der Waals surface area contributed by atoms with E-state index in [0.29, 0.717) is 0 Å². The zero-order chi connectivity index (χ0) is 11.7. The smallest absolute Gasteiger partial charge is 0.143 e. The monoisotopic (exact) mass is 218 g/mol. The molecular formula is C13H18N2O. The zero-order valence-corrected chi connectivity index (χ0v) is 10.0. The van der Waals surface area contributed by atoms with Crippen molar-refractivity contribution in [3.05, 3.63) is 29.5 Å². The van der Waals surface area contributed by atoms with E-state index in [1.165, 1.54) is 16.5 Å². The number of methoxy groups -OCH3 is 1. The van der Waals surface area contributed by atoms with Crippen LogP contribution in [0.15, 0.2) is 18.3 Å². The molecule has 86 valence electrons. The lowest BCUT2D eigenvalue weighted by Crippen LogP contribution is -2.17. The van der Waals surface area contributed by atoms with Gasteiger partial charge in [0.15, 0.2) is 0 Å². The molecular weight excluding hydrogens is 200 g/mol. The molecule has 2 aromatic rings. The Kier molecular flexibility index (Phi) is 2.88. The van der Waals surface area contributed by atoms with Crippen LogP contribution in [0.5, 0.6) is 5.75 Å². The first-order valence-corrected chi connectivity index (χ1v) is 5.52. The molecule has 3 nitrogen and oxygen atoms in total. The predicted molar refractivity (Wildman–Crippen MR) is 66.9 cm³/mol. The fourth-order valence-electron chi connectivity index (χ4n) is 2.07. The van der Waals surface area contributed by atoms with E-state index in [4.69, 9.17) is 10.5 Å². The average Bonchev–Trinajstić information content (AvgIpc) is 2.59. The van der Waals surface area contributed by atoms with Crippen molar-refractivity contribution >= 4 is 10.9 Å². The molecule has 1 atom stereocenters. The van der Waals surface area contributed by atoms with Crippen molar-refractivity contribution in [3.8, 4) is 5.75 Å². The van der Waals surface area contributed by atoms with Crippen molar-refractivity contribution in [2.24, 2.45) is 5.73 Å². The van der Waals surface area contributed by atoms with E-state index in [0.717, 1.165) is 17.7 Å². The van der Waals surface area contributed by atoms with Gasteiger partial charge in [-0.1, -0.05) is 0 Å². The third kappa shape index (κ3) is 1.91. The third-order valence-corrected chi connectivity index (χ3v) is 2.75. The van der Waals surface area contributed by atoms with Gasteiger partial charge in [-0.2, -0.15) is 0 Å². The normalized spacial score (nSPS) is 13.0. The second kappa shape index (κ2) is 4.18. The summed E-state index contributed by atoms with van der Waals surface area (Å²) in [7, 11) is 1.69. The van der Waals surface area contributed by atoms with Gasteiger partial charge < -0.3 is 15.5 Å². The van der Waals surface area contributed by atoms with E-state index in [9.17, 15) is 0 Å². The standard InChI is InChI=1S/C13H18N2O/c1-8-4-11-10(6-9(2)14)7-15-13(11)12(5-8)16-3/h4-5,7,9,15H,6,14H2,1-3H3. The van der Waals surface area contributed by atoms with Crippen LogP contribution in [0, 0.1) is 6.92 Å². The number of benzene rings is 1. The van der Waals surface area contributed by atoms with Gasteiger partial charge >= 0.3 is 0 Å². The van der Waals surface area contributed by atoms with Crippen LogP contribution < -0.4 is 10.5 Å². The topological polar surface area (TPSA) is 51.0 Å². The van der Waals surface area contributed by atoms with Crippen molar-refractivity contribution in [3.63, 3.8) is 0 Å². The summed E-state index contributed by atoms with van der Waals surface area (Å²) in [6, 6.07) is 4.38. The second-order valence-corrected chi connectivity index (χ2v) is 4.39. The molecule has 0 saturated carbocycles. The molecule has 0 radical (unpaired) electrons. The van der Waals surface area contributed by atoms with Crippen molar-refractivity contribution < 1.29 is 4.74 Å². The molecule has 3 heteroatoms. The molecule has 0 saturated heterocycles. The Morgan fingerprint density at radius 3 is 2.81 bits per heavy atom. The molecule has 0 bridgehead atoms. The van der Waals surface area contributed by atoms with Crippen LogP contribution in [0.3, 0.4) is 0 Å². The number of nitrogens with one attached hydrogen (secondary N) is 1. The summed E-state index contributed by atoms with van der Waals surface area (Å²) in [6.45, 7) is 4.09. The number of ether oxygens (including phenoxy) is 1.